The summed E-state index contributed by atoms with van der Waals surface area (Å²) in [5, 5.41) is 2.75. The van der Waals surface area contributed by atoms with Crippen molar-refractivity contribution >= 4 is 23.2 Å². The average molecular weight is 583 g/mol. The van der Waals surface area contributed by atoms with Gasteiger partial charge in [-0.05, 0) is 112 Å². The zero-order valence-electron chi connectivity index (χ0n) is 21.4. The zero-order valence-corrected chi connectivity index (χ0v) is 22.9. The molecule has 2 nitrogen and oxygen atoms in total. The summed E-state index contributed by atoms with van der Waals surface area (Å²) in [7, 11) is 0. The largest absolute Gasteiger partial charge is 0.417 e. The Morgan fingerprint density at radius 3 is 1.63 bits per heavy atom. The lowest BCUT2D eigenvalue weighted by Gasteiger charge is -2.32. The molecule has 0 radical (unpaired) electrons. The average Bonchev–Trinajstić information content (AvgIpc) is 2.88. The number of benzene rings is 2. The van der Waals surface area contributed by atoms with E-state index in [1.54, 1.807) is 12.1 Å². The third-order valence-corrected chi connectivity index (χ3v) is 7.95. The van der Waals surface area contributed by atoms with Crippen molar-refractivity contribution in [3.63, 3.8) is 0 Å². The van der Waals surface area contributed by atoms with E-state index < -0.39 is 23.5 Å². The van der Waals surface area contributed by atoms with Crippen molar-refractivity contribution < 1.29 is 26.3 Å². The molecule has 4 rings (SSSR count). The molecule has 0 aromatic heterocycles. The van der Waals surface area contributed by atoms with E-state index in [2.05, 4.69) is 17.1 Å². The lowest BCUT2D eigenvalue weighted by atomic mass is 9.88. The third-order valence-electron chi connectivity index (χ3n) is 7.29. The summed E-state index contributed by atoms with van der Waals surface area (Å²) in [6.45, 7) is 6.91. The van der Waals surface area contributed by atoms with E-state index in [9.17, 15) is 26.3 Å². The summed E-state index contributed by atoms with van der Waals surface area (Å²) < 4.78 is 76.8. The molecule has 0 atom stereocenters. The predicted octanol–water partition coefficient (Wildman–Crippen LogP) is 9.16. The maximum Gasteiger partial charge on any atom is 0.417 e. The van der Waals surface area contributed by atoms with Crippen LogP contribution in [0.15, 0.2) is 36.4 Å². The van der Waals surface area contributed by atoms with Crippen LogP contribution in [0.4, 0.5) is 26.3 Å². The molecule has 1 N–H and O–H groups in total. The fraction of sp³-hybridized carbons (Fsp3) is 0.571. The molecule has 10 heteroatoms. The van der Waals surface area contributed by atoms with E-state index >= 15 is 0 Å². The van der Waals surface area contributed by atoms with Gasteiger partial charge < -0.3 is 10.2 Å². The Labute approximate surface area is 230 Å². The number of hydrogen-bond acceptors (Lipinski definition) is 2. The topological polar surface area (TPSA) is 15.3 Å². The van der Waals surface area contributed by atoms with Gasteiger partial charge in [-0.15, -0.1) is 0 Å². The molecule has 2 aliphatic rings. The number of unbranched alkanes of at least 4 members (excludes halogenated alkanes) is 1. The molecular weight excluding hydrogens is 549 g/mol. The van der Waals surface area contributed by atoms with Crippen LogP contribution in [0.2, 0.25) is 10.0 Å². The van der Waals surface area contributed by atoms with Gasteiger partial charge in [-0.1, -0.05) is 48.7 Å². The normalized spacial score (nSPS) is 18.2. The molecule has 0 spiro atoms. The van der Waals surface area contributed by atoms with Crippen LogP contribution in [0.5, 0.6) is 0 Å². The first kappa shape index (κ1) is 31.1. The van der Waals surface area contributed by atoms with Crippen LogP contribution in [0.25, 0.3) is 0 Å². The predicted molar refractivity (Wildman–Crippen MR) is 141 cm³/mol. The van der Waals surface area contributed by atoms with Gasteiger partial charge >= 0.3 is 12.4 Å². The number of hydrogen-bond donors (Lipinski definition) is 1. The highest BCUT2D eigenvalue weighted by Crippen LogP contribution is 2.39. The van der Waals surface area contributed by atoms with Crippen molar-refractivity contribution in [3.05, 3.63) is 68.7 Å². The minimum atomic E-state index is -4.38. The highest BCUT2D eigenvalue weighted by Gasteiger charge is 2.35. The molecule has 2 saturated heterocycles. The maximum absolute atomic E-state index is 12.9. The number of halogens is 8. The second-order valence-corrected chi connectivity index (χ2v) is 10.8. The first-order valence-electron chi connectivity index (χ1n) is 13.1. The number of rotatable bonds is 5. The number of likely N-dealkylation sites (tertiary alicyclic amines) is 1. The molecule has 2 aromatic carbocycles. The molecule has 0 aliphatic carbocycles. The Hall–Kier alpha value is -1.48. The third kappa shape index (κ3) is 8.77. The number of piperidine rings is 2. The summed E-state index contributed by atoms with van der Waals surface area (Å²) in [5.41, 5.74) is 0.0652. The van der Waals surface area contributed by atoms with Crippen LogP contribution < -0.4 is 5.32 Å². The SMILES string of the molecule is CCCCN1CCC(c2ccc(Cl)c(C(F)(F)F)c2)CC1.FC(F)(F)c1cc(C2CCNCC2)ccc1Cl. The molecule has 212 valence electrons. The van der Waals surface area contributed by atoms with Crippen molar-refractivity contribution in [2.75, 3.05) is 32.7 Å². The van der Waals surface area contributed by atoms with E-state index in [0.29, 0.717) is 0 Å². The molecule has 2 fully saturated rings. The summed E-state index contributed by atoms with van der Waals surface area (Å²) >= 11 is 11.3. The number of nitrogens with one attached hydrogen (secondary N) is 1. The molecule has 2 heterocycles. The fourth-order valence-corrected chi connectivity index (χ4v) is 5.50. The Kier molecular flexibility index (Phi) is 11.2. The van der Waals surface area contributed by atoms with Gasteiger partial charge in [0.05, 0.1) is 21.2 Å². The summed E-state index contributed by atoms with van der Waals surface area (Å²) in [4.78, 5) is 2.40. The van der Waals surface area contributed by atoms with Crippen LogP contribution in [0, 0.1) is 0 Å². The molecule has 0 amide bonds. The van der Waals surface area contributed by atoms with Crippen molar-refractivity contribution in [1.29, 1.82) is 0 Å². The van der Waals surface area contributed by atoms with Gasteiger partial charge in [0.15, 0.2) is 0 Å². The van der Waals surface area contributed by atoms with E-state index in [-0.39, 0.29) is 21.9 Å². The number of nitrogens with zero attached hydrogens (tertiary/aromatic N) is 1. The highest BCUT2D eigenvalue weighted by molar-refractivity contribution is 6.31. The molecule has 2 aliphatic heterocycles. The minimum Gasteiger partial charge on any atom is -0.317 e. The van der Waals surface area contributed by atoms with Crippen LogP contribution >= 0.6 is 23.2 Å². The molecular formula is C28H34Cl2F6N2. The van der Waals surface area contributed by atoms with Gasteiger partial charge in [-0.2, -0.15) is 26.3 Å². The van der Waals surface area contributed by atoms with Crippen molar-refractivity contribution in [1.82, 2.24) is 10.2 Å². The molecule has 2 aromatic rings. The Bertz CT molecular complexity index is 1030. The van der Waals surface area contributed by atoms with Gasteiger partial charge in [-0.3, -0.25) is 0 Å². The van der Waals surface area contributed by atoms with Crippen LogP contribution in [-0.2, 0) is 12.4 Å². The first-order chi connectivity index (χ1) is 17.9. The Morgan fingerprint density at radius 1 is 0.763 bits per heavy atom. The summed E-state index contributed by atoms with van der Waals surface area (Å²) in [6, 6.07) is 8.59. The summed E-state index contributed by atoms with van der Waals surface area (Å²) in [6.07, 6.45) is -2.81. The van der Waals surface area contributed by atoms with Crippen molar-refractivity contribution in [3.8, 4) is 0 Å². The molecule has 0 unspecified atom stereocenters. The van der Waals surface area contributed by atoms with Gasteiger partial charge in [0.25, 0.3) is 0 Å². The van der Waals surface area contributed by atoms with E-state index in [0.717, 1.165) is 69.5 Å². The Balaban J connectivity index is 0.000000215. The quantitative estimate of drug-likeness (QED) is 0.353. The maximum atomic E-state index is 12.9. The van der Waals surface area contributed by atoms with Crippen LogP contribution in [-0.4, -0.2) is 37.6 Å². The van der Waals surface area contributed by atoms with Gasteiger partial charge in [0.2, 0.25) is 0 Å². The van der Waals surface area contributed by atoms with Gasteiger partial charge in [0.1, 0.15) is 0 Å². The summed E-state index contributed by atoms with van der Waals surface area (Å²) in [5.74, 6) is 0.413. The Morgan fingerprint density at radius 2 is 1.21 bits per heavy atom. The second-order valence-electron chi connectivity index (χ2n) is 9.97. The van der Waals surface area contributed by atoms with E-state index in [1.165, 1.54) is 37.1 Å². The minimum absolute atomic E-state index is 0.203. The van der Waals surface area contributed by atoms with Crippen molar-refractivity contribution in [2.45, 2.75) is 69.6 Å². The molecule has 0 bridgehead atoms. The standard InChI is InChI=1S/C16H21ClF3N.C12H13ClF3N/c1-2-3-8-21-9-6-12(7-10-21)13-4-5-15(17)14(11-13)16(18,19)20;13-11-2-1-9(7-10(11)12(14,15)16)8-3-5-17-6-4-8/h4-5,11-12H,2-3,6-10H2,1H3;1-2,7-8,17H,3-6H2. The van der Waals surface area contributed by atoms with E-state index in [1.807, 2.05) is 0 Å². The van der Waals surface area contributed by atoms with Gasteiger partial charge in [-0.25, -0.2) is 0 Å². The lowest BCUT2D eigenvalue weighted by Crippen LogP contribution is -2.33. The fourth-order valence-electron chi connectivity index (χ4n) is 5.06. The van der Waals surface area contributed by atoms with Crippen LogP contribution in [0.3, 0.4) is 0 Å². The monoisotopic (exact) mass is 582 g/mol. The van der Waals surface area contributed by atoms with Crippen molar-refractivity contribution in [2.24, 2.45) is 0 Å². The molecule has 0 saturated carbocycles. The first-order valence-corrected chi connectivity index (χ1v) is 13.8. The van der Waals surface area contributed by atoms with Crippen LogP contribution in [0.1, 0.15) is 79.5 Å². The second kappa shape index (κ2) is 13.7. The smallest absolute Gasteiger partial charge is 0.317 e. The van der Waals surface area contributed by atoms with Gasteiger partial charge in [0, 0.05) is 0 Å². The number of alkyl halides is 6. The zero-order chi connectivity index (χ0) is 27.9. The molecule has 38 heavy (non-hydrogen) atoms. The lowest BCUT2D eigenvalue weighted by molar-refractivity contribution is -0.138. The highest BCUT2D eigenvalue weighted by atomic mass is 35.5. The van der Waals surface area contributed by atoms with E-state index in [4.69, 9.17) is 23.2 Å².